The van der Waals surface area contributed by atoms with Gasteiger partial charge in [-0.1, -0.05) is 15.9 Å². The van der Waals surface area contributed by atoms with E-state index in [4.69, 9.17) is 9.47 Å². The molecule has 0 aromatic heterocycles. The van der Waals surface area contributed by atoms with Gasteiger partial charge in [0.1, 0.15) is 5.75 Å². The Labute approximate surface area is 121 Å². The summed E-state index contributed by atoms with van der Waals surface area (Å²) in [5.41, 5.74) is 1.09. The van der Waals surface area contributed by atoms with Crippen molar-refractivity contribution < 1.29 is 14.3 Å². The van der Waals surface area contributed by atoms with Crippen molar-refractivity contribution in [3.05, 3.63) is 28.2 Å². The van der Waals surface area contributed by atoms with Crippen LogP contribution in [0.25, 0.3) is 0 Å². The molecule has 1 saturated heterocycles. The smallest absolute Gasteiger partial charge is 0.310 e. The van der Waals surface area contributed by atoms with Crippen LogP contribution in [0.15, 0.2) is 22.7 Å². The summed E-state index contributed by atoms with van der Waals surface area (Å²) in [6, 6.07) is 5.83. The summed E-state index contributed by atoms with van der Waals surface area (Å²) in [7, 11) is 1.64. The molecule has 0 spiro atoms. The molecule has 1 aromatic carbocycles. The number of hydrogen-bond acceptors (Lipinski definition) is 4. The Morgan fingerprint density at radius 3 is 2.95 bits per heavy atom. The van der Waals surface area contributed by atoms with Crippen LogP contribution in [0.2, 0.25) is 0 Å². The lowest BCUT2D eigenvalue weighted by atomic mass is 9.89. The van der Waals surface area contributed by atoms with Gasteiger partial charge >= 0.3 is 5.97 Å². The van der Waals surface area contributed by atoms with E-state index in [1.807, 2.05) is 25.1 Å². The van der Waals surface area contributed by atoms with Gasteiger partial charge in [0.25, 0.3) is 0 Å². The lowest BCUT2D eigenvalue weighted by Crippen LogP contribution is -2.24. The number of hydrogen-bond donors (Lipinski definition) is 1. The Hall–Kier alpha value is -1.07. The molecule has 0 aliphatic carbocycles. The van der Waals surface area contributed by atoms with Crippen molar-refractivity contribution >= 4 is 21.9 Å². The minimum Gasteiger partial charge on any atom is -0.497 e. The maximum absolute atomic E-state index is 12.0. The van der Waals surface area contributed by atoms with Crippen LogP contribution < -0.4 is 10.1 Å². The largest absolute Gasteiger partial charge is 0.497 e. The van der Waals surface area contributed by atoms with Crippen molar-refractivity contribution in [1.29, 1.82) is 0 Å². The van der Waals surface area contributed by atoms with Crippen LogP contribution in [0.1, 0.15) is 18.4 Å². The molecule has 2 rings (SSSR count). The van der Waals surface area contributed by atoms with Crippen molar-refractivity contribution in [1.82, 2.24) is 5.32 Å². The van der Waals surface area contributed by atoms with Crippen LogP contribution in [0.3, 0.4) is 0 Å². The molecule has 1 fully saturated rings. The minimum atomic E-state index is -0.136. The summed E-state index contributed by atoms with van der Waals surface area (Å²) >= 11 is 3.55. The van der Waals surface area contributed by atoms with E-state index in [-0.39, 0.29) is 17.8 Å². The number of ether oxygens (including phenoxy) is 2. The lowest BCUT2D eigenvalue weighted by Gasteiger charge is -2.19. The lowest BCUT2D eigenvalue weighted by molar-refractivity contribution is -0.147. The molecule has 1 N–H and O–H groups in total. The summed E-state index contributed by atoms with van der Waals surface area (Å²) in [6.07, 6.45) is 0. The van der Waals surface area contributed by atoms with E-state index in [1.165, 1.54) is 0 Å². The first-order valence-electron chi connectivity index (χ1n) is 6.38. The molecule has 1 aliphatic rings. The number of benzene rings is 1. The zero-order valence-electron chi connectivity index (χ0n) is 11.1. The van der Waals surface area contributed by atoms with Gasteiger partial charge in [-0.15, -0.1) is 0 Å². The van der Waals surface area contributed by atoms with Gasteiger partial charge in [-0.3, -0.25) is 4.79 Å². The SMILES string of the molecule is CCOC(=O)C1CNCC1c1cc(OC)ccc1Br. The average Bonchev–Trinajstić information content (AvgIpc) is 2.89. The second-order valence-electron chi connectivity index (χ2n) is 4.51. The highest BCUT2D eigenvalue weighted by Crippen LogP contribution is 2.35. The molecule has 4 nitrogen and oxygen atoms in total. The number of methoxy groups -OCH3 is 1. The minimum absolute atomic E-state index is 0.114. The van der Waals surface area contributed by atoms with Gasteiger partial charge in [0, 0.05) is 23.5 Å². The van der Waals surface area contributed by atoms with Gasteiger partial charge in [-0.2, -0.15) is 0 Å². The Morgan fingerprint density at radius 2 is 2.26 bits per heavy atom. The molecule has 1 aliphatic heterocycles. The first-order valence-corrected chi connectivity index (χ1v) is 7.17. The van der Waals surface area contributed by atoms with Crippen molar-refractivity contribution in [2.75, 3.05) is 26.8 Å². The number of rotatable bonds is 4. The van der Waals surface area contributed by atoms with Gasteiger partial charge in [0.15, 0.2) is 0 Å². The maximum atomic E-state index is 12.0. The predicted molar refractivity (Wildman–Crippen MR) is 76.4 cm³/mol. The monoisotopic (exact) mass is 327 g/mol. The Kier molecular flexibility index (Phi) is 4.82. The fourth-order valence-electron chi connectivity index (χ4n) is 2.44. The van der Waals surface area contributed by atoms with E-state index in [2.05, 4.69) is 21.2 Å². The van der Waals surface area contributed by atoms with Crippen molar-refractivity contribution in [2.24, 2.45) is 5.92 Å². The molecule has 0 saturated carbocycles. The first-order chi connectivity index (χ1) is 9.17. The fraction of sp³-hybridized carbons (Fsp3) is 0.500. The normalized spacial score (nSPS) is 22.3. The van der Waals surface area contributed by atoms with Crippen LogP contribution in [0.4, 0.5) is 0 Å². The van der Waals surface area contributed by atoms with E-state index < -0.39 is 0 Å². The number of nitrogens with one attached hydrogen (secondary N) is 1. The molecule has 19 heavy (non-hydrogen) atoms. The number of carbonyl (C=O) groups excluding carboxylic acids is 1. The molecule has 0 bridgehead atoms. The van der Waals surface area contributed by atoms with E-state index in [0.29, 0.717) is 13.2 Å². The molecule has 1 aromatic rings. The maximum Gasteiger partial charge on any atom is 0.310 e. The quantitative estimate of drug-likeness (QED) is 0.862. The summed E-state index contributed by atoms with van der Waals surface area (Å²) < 4.78 is 11.4. The third-order valence-corrected chi connectivity index (χ3v) is 4.13. The van der Waals surface area contributed by atoms with Crippen LogP contribution in [0.5, 0.6) is 5.75 Å². The number of halogens is 1. The number of esters is 1. The third-order valence-electron chi connectivity index (χ3n) is 3.41. The first kappa shape index (κ1) is 14.3. The zero-order valence-corrected chi connectivity index (χ0v) is 12.7. The zero-order chi connectivity index (χ0) is 13.8. The predicted octanol–water partition coefficient (Wildman–Crippen LogP) is 2.32. The third kappa shape index (κ3) is 3.09. The average molecular weight is 328 g/mol. The second kappa shape index (κ2) is 6.39. The summed E-state index contributed by atoms with van der Waals surface area (Å²) in [5, 5.41) is 3.26. The van der Waals surface area contributed by atoms with E-state index in [0.717, 1.165) is 22.3 Å². The van der Waals surface area contributed by atoms with Crippen LogP contribution >= 0.6 is 15.9 Å². The standard InChI is InChI=1S/C14H18BrNO3/c1-3-19-14(17)12-8-16-7-11(12)10-6-9(18-2)4-5-13(10)15/h4-6,11-12,16H,3,7-8H2,1-2H3. The Bertz CT molecular complexity index is 464. The van der Waals surface area contributed by atoms with E-state index >= 15 is 0 Å². The van der Waals surface area contributed by atoms with Crippen LogP contribution in [-0.2, 0) is 9.53 Å². The molecule has 5 heteroatoms. The van der Waals surface area contributed by atoms with E-state index in [1.54, 1.807) is 7.11 Å². The molecular weight excluding hydrogens is 310 g/mol. The van der Waals surface area contributed by atoms with Gasteiger partial charge < -0.3 is 14.8 Å². The van der Waals surface area contributed by atoms with Gasteiger partial charge in [0.2, 0.25) is 0 Å². The van der Waals surface area contributed by atoms with Crippen molar-refractivity contribution in [2.45, 2.75) is 12.8 Å². The van der Waals surface area contributed by atoms with Gasteiger partial charge in [0.05, 0.1) is 19.6 Å². The molecule has 0 radical (unpaired) electrons. The molecular formula is C14H18BrNO3. The van der Waals surface area contributed by atoms with Crippen molar-refractivity contribution in [3.8, 4) is 5.75 Å². The Morgan fingerprint density at radius 1 is 1.47 bits per heavy atom. The Balaban J connectivity index is 2.26. The highest BCUT2D eigenvalue weighted by atomic mass is 79.9. The van der Waals surface area contributed by atoms with Gasteiger partial charge in [-0.05, 0) is 30.7 Å². The molecule has 0 amide bonds. The summed E-state index contributed by atoms with van der Waals surface area (Å²) in [6.45, 7) is 3.68. The van der Waals surface area contributed by atoms with Gasteiger partial charge in [-0.25, -0.2) is 0 Å². The molecule has 104 valence electrons. The molecule has 2 unspecified atom stereocenters. The van der Waals surface area contributed by atoms with Crippen LogP contribution in [0, 0.1) is 5.92 Å². The van der Waals surface area contributed by atoms with E-state index in [9.17, 15) is 4.79 Å². The number of carbonyl (C=O) groups is 1. The highest BCUT2D eigenvalue weighted by molar-refractivity contribution is 9.10. The topological polar surface area (TPSA) is 47.6 Å². The van der Waals surface area contributed by atoms with Crippen LogP contribution in [-0.4, -0.2) is 32.8 Å². The molecule has 1 heterocycles. The second-order valence-corrected chi connectivity index (χ2v) is 5.37. The highest BCUT2D eigenvalue weighted by Gasteiger charge is 2.36. The summed E-state index contributed by atoms with van der Waals surface area (Å²) in [4.78, 5) is 12.0. The fourth-order valence-corrected chi connectivity index (χ4v) is 2.98. The summed E-state index contributed by atoms with van der Waals surface area (Å²) in [5.74, 6) is 0.645. The molecule has 2 atom stereocenters. The van der Waals surface area contributed by atoms with Crippen molar-refractivity contribution in [3.63, 3.8) is 0 Å².